The van der Waals surface area contributed by atoms with E-state index < -0.39 is 0 Å². The molecule has 4 aromatic rings. The Labute approximate surface area is 211 Å². The quantitative estimate of drug-likeness (QED) is 0.340. The Morgan fingerprint density at radius 3 is 2.50 bits per heavy atom. The molecule has 0 aliphatic heterocycles. The summed E-state index contributed by atoms with van der Waals surface area (Å²) in [6, 6.07) is 14.0. The van der Waals surface area contributed by atoms with Crippen molar-refractivity contribution in [3.05, 3.63) is 80.9 Å². The van der Waals surface area contributed by atoms with Gasteiger partial charge in [0.25, 0.3) is 5.56 Å². The van der Waals surface area contributed by atoms with Gasteiger partial charge in [-0.3, -0.25) is 9.69 Å². The summed E-state index contributed by atoms with van der Waals surface area (Å²) >= 11 is 0. The van der Waals surface area contributed by atoms with Gasteiger partial charge in [0.2, 0.25) is 0 Å². The van der Waals surface area contributed by atoms with E-state index in [1.807, 2.05) is 43.3 Å². The van der Waals surface area contributed by atoms with E-state index in [0.717, 1.165) is 45.6 Å². The summed E-state index contributed by atoms with van der Waals surface area (Å²) in [5.74, 6) is 1.56. The van der Waals surface area contributed by atoms with Crippen molar-refractivity contribution in [3.8, 4) is 5.75 Å². The maximum Gasteiger partial charge on any atom is 0.252 e. The highest BCUT2D eigenvalue weighted by molar-refractivity contribution is 5.85. The molecule has 4 rings (SSSR count). The molecule has 0 saturated heterocycles. The van der Waals surface area contributed by atoms with E-state index >= 15 is 0 Å². The fraction of sp³-hybridized carbons (Fsp3) is 0.407. The van der Waals surface area contributed by atoms with Crippen LogP contribution >= 0.6 is 0 Å². The molecule has 0 aliphatic rings. The highest BCUT2D eigenvalue weighted by Gasteiger charge is 2.26. The zero-order valence-corrected chi connectivity index (χ0v) is 21.6. The van der Waals surface area contributed by atoms with Crippen LogP contribution in [0.4, 0.5) is 0 Å². The minimum Gasteiger partial charge on any atom is -0.497 e. The summed E-state index contributed by atoms with van der Waals surface area (Å²) in [4.78, 5) is 18.6. The topological polar surface area (TPSA) is 98.2 Å². The molecule has 2 aromatic heterocycles. The van der Waals surface area contributed by atoms with Crippen LogP contribution in [0.5, 0.6) is 5.75 Å². The molecular formula is C27H34N6O3. The van der Waals surface area contributed by atoms with Crippen LogP contribution in [0.3, 0.4) is 0 Å². The zero-order chi connectivity index (χ0) is 25.7. The number of aryl methyl sites for hydroxylation is 2. The van der Waals surface area contributed by atoms with Crippen LogP contribution < -0.4 is 10.3 Å². The average Bonchev–Trinajstić information content (AvgIpc) is 3.35. The van der Waals surface area contributed by atoms with Crippen molar-refractivity contribution < 1.29 is 9.47 Å². The number of rotatable bonds is 11. The Morgan fingerprint density at radius 1 is 1.06 bits per heavy atom. The van der Waals surface area contributed by atoms with Gasteiger partial charge in [-0.2, -0.15) is 0 Å². The molecule has 0 unspecified atom stereocenters. The fourth-order valence-corrected chi connectivity index (χ4v) is 4.59. The molecule has 9 heteroatoms. The highest BCUT2D eigenvalue weighted by Crippen LogP contribution is 2.28. The van der Waals surface area contributed by atoms with Crippen molar-refractivity contribution in [1.29, 1.82) is 0 Å². The summed E-state index contributed by atoms with van der Waals surface area (Å²) in [5, 5.41) is 13.6. The van der Waals surface area contributed by atoms with Gasteiger partial charge in [-0.25, -0.2) is 4.68 Å². The molecule has 0 fully saturated rings. The Bertz CT molecular complexity index is 1360. The number of hydrogen-bond donors (Lipinski definition) is 1. The summed E-state index contributed by atoms with van der Waals surface area (Å²) in [7, 11) is 3.32. The van der Waals surface area contributed by atoms with E-state index in [1.165, 1.54) is 0 Å². The van der Waals surface area contributed by atoms with Gasteiger partial charge < -0.3 is 14.5 Å². The van der Waals surface area contributed by atoms with Gasteiger partial charge in [-0.15, -0.1) is 5.10 Å². The molecule has 0 radical (unpaired) electrons. The number of aromatic nitrogens is 5. The average molecular weight is 491 g/mol. The van der Waals surface area contributed by atoms with Gasteiger partial charge in [0.1, 0.15) is 5.75 Å². The van der Waals surface area contributed by atoms with Crippen molar-refractivity contribution in [1.82, 2.24) is 30.1 Å². The highest BCUT2D eigenvalue weighted by atomic mass is 16.5. The summed E-state index contributed by atoms with van der Waals surface area (Å²) in [6.45, 7) is 8.32. The van der Waals surface area contributed by atoms with Crippen molar-refractivity contribution in [2.75, 3.05) is 20.8 Å². The maximum absolute atomic E-state index is 13.2. The number of nitrogens with one attached hydrogen (secondary N) is 1. The van der Waals surface area contributed by atoms with Gasteiger partial charge >= 0.3 is 0 Å². The number of pyridine rings is 1. The molecule has 0 bridgehead atoms. The summed E-state index contributed by atoms with van der Waals surface area (Å²) in [5.41, 5.74) is 4.81. The molecule has 36 heavy (non-hydrogen) atoms. The lowest BCUT2D eigenvalue weighted by atomic mass is 10.0. The number of aromatic amines is 1. The lowest BCUT2D eigenvalue weighted by Gasteiger charge is -2.30. The molecule has 2 heterocycles. The van der Waals surface area contributed by atoms with Crippen LogP contribution in [-0.4, -0.2) is 50.9 Å². The van der Waals surface area contributed by atoms with Crippen LogP contribution in [0.1, 0.15) is 47.5 Å². The van der Waals surface area contributed by atoms with E-state index in [-0.39, 0.29) is 11.6 Å². The van der Waals surface area contributed by atoms with Crippen molar-refractivity contribution in [2.45, 2.75) is 52.9 Å². The molecule has 190 valence electrons. The molecule has 9 nitrogen and oxygen atoms in total. The van der Waals surface area contributed by atoms with Crippen LogP contribution in [-0.2, 0) is 24.4 Å². The molecule has 1 atom stereocenters. The lowest BCUT2D eigenvalue weighted by molar-refractivity contribution is 0.151. The SMILES string of the molecule is CC[C@@H](c1nnnn1CCOC)N(Cc1ccc(OC)cc1)Cc1cc2c(C)ccc(C)c2[nH]c1=O. The molecule has 0 amide bonds. The van der Waals surface area contributed by atoms with Crippen molar-refractivity contribution in [3.63, 3.8) is 0 Å². The third kappa shape index (κ3) is 5.47. The first-order valence-corrected chi connectivity index (χ1v) is 12.2. The van der Waals surface area contributed by atoms with Gasteiger partial charge in [0.15, 0.2) is 5.82 Å². The monoisotopic (exact) mass is 490 g/mol. The van der Waals surface area contributed by atoms with Crippen LogP contribution in [0.2, 0.25) is 0 Å². The first-order valence-electron chi connectivity index (χ1n) is 12.2. The second kappa shape index (κ2) is 11.5. The second-order valence-electron chi connectivity index (χ2n) is 9.04. The first kappa shape index (κ1) is 25.5. The van der Waals surface area contributed by atoms with E-state index in [1.54, 1.807) is 18.9 Å². The molecule has 2 aromatic carbocycles. The normalized spacial score (nSPS) is 12.4. The number of ether oxygens (including phenoxy) is 2. The number of benzene rings is 2. The van der Waals surface area contributed by atoms with E-state index in [9.17, 15) is 4.79 Å². The first-order chi connectivity index (χ1) is 17.4. The third-order valence-electron chi connectivity index (χ3n) is 6.63. The Hall–Kier alpha value is -3.56. The van der Waals surface area contributed by atoms with Crippen LogP contribution in [0.25, 0.3) is 10.9 Å². The predicted molar refractivity (Wildman–Crippen MR) is 139 cm³/mol. The maximum atomic E-state index is 13.2. The number of nitrogens with zero attached hydrogens (tertiary/aromatic N) is 5. The van der Waals surface area contributed by atoms with Gasteiger partial charge in [0, 0.05) is 31.1 Å². The van der Waals surface area contributed by atoms with E-state index in [0.29, 0.717) is 31.8 Å². The van der Waals surface area contributed by atoms with Crippen molar-refractivity contribution >= 4 is 10.9 Å². The molecule has 0 saturated carbocycles. The largest absolute Gasteiger partial charge is 0.497 e. The molecule has 0 spiro atoms. The number of H-pyrrole nitrogens is 1. The zero-order valence-electron chi connectivity index (χ0n) is 21.6. The minimum absolute atomic E-state index is 0.0789. The Morgan fingerprint density at radius 2 is 1.81 bits per heavy atom. The number of tetrazole rings is 1. The van der Waals surface area contributed by atoms with E-state index in [4.69, 9.17) is 9.47 Å². The Balaban J connectivity index is 1.75. The minimum atomic E-state index is -0.104. The Kier molecular flexibility index (Phi) is 8.12. The van der Waals surface area contributed by atoms with Gasteiger partial charge in [0.05, 0.1) is 31.8 Å². The number of fused-ring (bicyclic) bond motifs is 1. The van der Waals surface area contributed by atoms with Crippen molar-refractivity contribution in [2.24, 2.45) is 0 Å². The smallest absolute Gasteiger partial charge is 0.252 e. The predicted octanol–water partition coefficient (Wildman–Crippen LogP) is 3.94. The second-order valence-corrected chi connectivity index (χ2v) is 9.04. The molecule has 1 N–H and O–H groups in total. The number of methoxy groups -OCH3 is 2. The van der Waals surface area contributed by atoms with Crippen LogP contribution in [0, 0.1) is 13.8 Å². The summed E-state index contributed by atoms with van der Waals surface area (Å²) in [6.07, 6.45) is 0.771. The van der Waals surface area contributed by atoms with Gasteiger partial charge in [-0.05, 0) is 65.6 Å². The molecular weight excluding hydrogens is 456 g/mol. The van der Waals surface area contributed by atoms with Crippen LogP contribution in [0.15, 0.2) is 47.3 Å². The lowest BCUT2D eigenvalue weighted by Crippen LogP contribution is -2.32. The third-order valence-corrected chi connectivity index (χ3v) is 6.63. The standard InChI is InChI=1S/C27H34N6O3/c1-6-24(26-29-30-31-33(26)13-14-35-4)32(16-20-9-11-22(36-5)12-10-20)17-21-15-23-18(2)7-8-19(3)25(23)28-27(21)34/h7-12,15,24H,6,13-14,16-17H2,1-5H3,(H,28,34)/t24-/m0/s1. The fourth-order valence-electron chi connectivity index (χ4n) is 4.59. The van der Waals surface area contributed by atoms with Gasteiger partial charge in [-0.1, -0.05) is 31.2 Å². The summed E-state index contributed by atoms with van der Waals surface area (Å²) < 4.78 is 12.4. The number of hydrogen-bond acceptors (Lipinski definition) is 7. The molecule has 0 aliphatic carbocycles. The van der Waals surface area contributed by atoms with E-state index in [2.05, 4.69) is 45.3 Å².